The van der Waals surface area contributed by atoms with Crippen molar-refractivity contribution >= 4 is 35.1 Å². The summed E-state index contributed by atoms with van der Waals surface area (Å²) in [5, 5.41) is 0.397. The molecule has 0 spiro atoms. The molecular weight excluding hydrogens is 311 g/mol. The molecule has 8 heteroatoms. The van der Waals surface area contributed by atoms with Gasteiger partial charge in [-0.1, -0.05) is 23.2 Å². The van der Waals surface area contributed by atoms with Gasteiger partial charge < -0.3 is 18.9 Å². The van der Waals surface area contributed by atoms with Gasteiger partial charge in [-0.2, -0.15) is 0 Å². The normalized spacial score (nSPS) is 9.80. The van der Waals surface area contributed by atoms with Crippen LogP contribution in [0.1, 0.15) is 0 Å². The van der Waals surface area contributed by atoms with E-state index in [2.05, 4.69) is 9.47 Å². The van der Waals surface area contributed by atoms with Crippen LogP contribution in [-0.2, 0) is 19.1 Å². The van der Waals surface area contributed by atoms with Crippen LogP contribution in [0.2, 0.25) is 10.0 Å². The average molecular weight is 323 g/mol. The Hall–Kier alpha value is -1.66. The van der Waals surface area contributed by atoms with Crippen LogP contribution in [0.5, 0.6) is 11.5 Å². The molecule has 0 fully saturated rings. The molecule has 0 amide bonds. The molecule has 0 aliphatic heterocycles. The van der Waals surface area contributed by atoms with Gasteiger partial charge in [-0.15, -0.1) is 0 Å². The molecule has 0 saturated heterocycles. The highest BCUT2D eigenvalue weighted by Crippen LogP contribution is 2.35. The van der Waals surface area contributed by atoms with E-state index in [-0.39, 0.29) is 34.8 Å². The highest BCUT2D eigenvalue weighted by molar-refractivity contribution is 6.36. The van der Waals surface area contributed by atoms with E-state index in [1.54, 1.807) is 0 Å². The second-order valence-corrected chi connectivity index (χ2v) is 4.26. The minimum absolute atomic E-state index is 0.182. The molecule has 0 saturated carbocycles. The minimum atomic E-state index is -0.562. The number of benzene rings is 1. The Morgan fingerprint density at radius 3 is 1.65 bits per heavy atom. The van der Waals surface area contributed by atoms with E-state index in [0.717, 1.165) is 0 Å². The number of esters is 2. The summed E-state index contributed by atoms with van der Waals surface area (Å²) in [6.07, 6.45) is 0. The molecule has 1 aromatic rings. The van der Waals surface area contributed by atoms with Gasteiger partial charge in [-0.3, -0.25) is 0 Å². The summed E-state index contributed by atoms with van der Waals surface area (Å²) in [5.41, 5.74) is 0. The standard InChI is InChI=1S/C12H12Cl2O6/c1-17-11(15)5-19-9-4-10(8(14)3-7(9)13)20-6-12(16)18-2/h3-4H,5-6H2,1-2H3. The minimum Gasteiger partial charge on any atom is -0.480 e. The van der Waals surface area contributed by atoms with Crippen molar-refractivity contribution in [1.82, 2.24) is 0 Å². The molecule has 110 valence electrons. The van der Waals surface area contributed by atoms with E-state index < -0.39 is 11.9 Å². The fraction of sp³-hybridized carbons (Fsp3) is 0.333. The van der Waals surface area contributed by atoms with Crippen LogP contribution in [0.3, 0.4) is 0 Å². The van der Waals surface area contributed by atoms with Crippen LogP contribution < -0.4 is 9.47 Å². The van der Waals surface area contributed by atoms with Crippen molar-refractivity contribution < 1.29 is 28.5 Å². The second kappa shape index (κ2) is 7.81. The van der Waals surface area contributed by atoms with Crippen molar-refractivity contribution in [1.29, 1.82) is 0 Å². The first-order valence-electron chi connectivity index (χ1n) is 5.36. The average Bonchev–Trinajstić information content (AvgIpc) is 2.44. The summed E-state index contributed by atoms with van der Waals surface area (Å²) in [6, 6.07) is 2.75. The quantitative estimate of drug-likeness (QED) is 0.747. The Balaban J connectivity index is 2.80. The first kappa shape index (κ1) is 16.4. The van der Waals surface area contributed by atoms with Gasteiger partial charge >= 0.3 is 11.9 Å². The largest absolute Gasteiger partial charge is 0.480 e. The summed E-state index contributed by atoms with van der Waals surface area (Å²) in [6.45, 7) is -0.622. The van der Waals surface area contributed by atoms with Gasteiger partial charge in [-0.25, -0.2) is 9.59 Å². The lowest BCUT2D eigenvalue weighted by molar-refractivity contribution is -0.143. The van der Waals surface area contributed by atoms with Crippen LogP contribution in [0.4, 0.5) is 0 Å². The Bertz CT molecular complexity index is 462. The number of hydrogen-bond donors (Lipinski definition) is 0. The Morgan fingerprint density at radius 2 is 1.30 bits per heavy atom. The lowest BCUT2D eigenvalue weighted by Crippen LogP contribution is -2.14. The lowest BCUT2D eigenvalue weighted by atomic mass is 10.3. The van der Waals surface area contributed by atoms with Gasteiger partial charge in [0.1, 0.15) is 11.5 Å². The molecule has 0 atom stereocenters. The highest BCUT2D eigenvalue weighted by atomic mass is 35.5. The van der Waals surface area contributed by atoms with E-state index in [9.17, 15) is 9.59 Å². The molecule has 0 bridgehead atoms. The molecule has 0 aliphatic rings. The number of ether oxygens (including phenoxy) is 4. The SMILES string of the molecule is COC(=O)COc1cc(OCC(=O)OC)c(Cl)cc1Cl. The zero-order chi connectivity index (χ0) is 15.1. The smallest absolute Gasteiger partial charge is 0.343 e. The van der Waals surface area contributed by atoms with Crippen molar-refractivity contribution in [2.45, 2.75) is 0 Å². The van der Waals surface area contributed by atoms with Gasteiger partial charge in [-0.05, 0) is 6.07 Å². The molecule has 0 radical (unpaired) electrons. The predicted molar refractivity (Wildman–Crippen MR) is 71.5 cm³/mol. The Morgan fingerprint density at radius 1 is 0.900 bits per heavy atom. The van der Waals surface area contributed by atoms with E-state index in [4.69, 9.17) is 32.7 Å². The molecule has 20 heavy (non-hydrogen) atoms. The van der Waals surface area contributed by atoms with Crippen molar-refractivity contribution in [3.8, 4) is 11.5 Å². The fourth-order valence-corrected chi connectivity index (χ4v) is 1.62. The molecule has 0 unspecified atom stereocenters. The van der Waals surface area contributed by atoms with E-state index >= 15 is 0 Å². The molecular formula is C12H12Cl2O6. The predicted octanol–water partition coefficient (Wildman–Crippen LogP) is 2.10. The van der Waals surface area contributed by atoms with E-state index in [1.807, 2.05) is 0 Å². The number of rotatable bonds is 6. The maximum atomic E-state index is 11.0. The summed E-state index contributed by atoms with van der Waals surface area (Å²) in [4.78, 5) is 22.0. The summed E-state index contributed by atoms with van der Waals surface area (Å²) >= 11 is 11.8. The number of carbonyl (C=O) groups is 2. The molecule has 0 aliphatic carbocycles. The Labute approximate surface area is 125 Å². The second-order valence-electron chi connectivity index (χ2n) is 3.44. The lowest BCUT2D eigenvalue weighted by Gasteiger charge is -2.11. The number of carbonyl (C=O) groups excluding carboxylic acids is 2. The molecule has 0 N–H and O–H groups in total. The molecule has 1 rings (SSSR count). The molecule has 6 nitrogen and oxygen atoms in total. The third kappa shape index (κ3) is 4.79. The zero-order valence-electron chi connectivity index (χ0n) is 10.8. The summed E-state index contributed by atoms with van der Waals surface area (Å²) in [5.74, 6) is -0.760. The maximum absolute atomic E-state index is 11.0. The third-order valence-corrected chi connectivity index (χ3v) is 2.72. The third-order valence-electron chi connectivity index (χ3n) is 2.13. The van der Waals surface area contributed by atoms with Gasteiger partial charge in [0.2, 0.25) is 0 Å². The number of methoxy groups -OCH3 is 2. The zero-order valence-corrected chi connectivity index (χ0v) is 12.3. The van der Waals surface area contributed by atoms with Crippen molar-refractivity contribution in [2.75, 3.05) is 27.4 Å². The van der Waals surface area contributed by atoms with Crippen LogP contribution >= 0.6 is 23.2 Å². The van der Waals surface area contributed by atoms with Crippen molar-refractivity contribution in [3.05, 3.63) is 22.2 Å². The Kier molecular flexibility index (Phi) is 6.41. The first-order chi connectivity index (χ1) is 9.47. The van der Waals surface area contributed by atoms with Gasteiger partial charge in [0, 0.05) is 6.07 Å². The van der Waals surface area contributed by atoms with Crippen molar-refractivity contribution in [2.24, 2.45) is 0 Å². The number of halogens is 2. The molecule has 1 aromatic carbocycles. The highest BCUT2D eigenvalue weighted by Gasteiger charge is 2.13. The number of hydrogen-bond acceptors (Lipinski definition) is 6. The van der Waals surface area contributed by atoms with Crippen LogP contribution in [0, 0.1) is 0 Å². The summed E-state index contributed by atoms with van der Waals surface area (Å²) < 4.78 is 19.2. The van der Waals surface area contributed by atoms with Crippen LogP contribution in [-0.4, -0.2) is 39.4 Å². The van der Waals surface area contributed by atoms with E-state index in [1.165, 1.54) is 26.4 Å². The van der Waals surface area contributed by atoms with Crippen LogP contribution in [0.25, 0.3) is 0 Å². The topological polar surface area (TPSA) is 71.1 Å². The van der Waals surface area contributed by atoms with Gasteiger partial charge in [0.25, 0.3) is 0 Å². The van der Waals surface area contributed by atoms with Gasteiger partial charge in [0.05, 0.1) is 24.3 Å². The van der Waals surface area contributed by atoms with Crippen LogP contribution in [0.15, 0.2) is 12.1 Å². The molecule has 0 aromatic heterocycles. The van der Waals surface area contributed by atoms with Gasteiger partial charge in [0.15, 0.2) is 13.2 Å². The molecule has 0 heterocycles. The monoisotopic (exact) mass is 322 g/mol. The first-order valence-corrected chi connectivity index (χ1v) is 6.11. The van der Waals surface area contributed by atoms with E-state index in [0.29, 0.717) is 0 Å². The summed E-state index contributed by atoms with van der Waals surface area (Å²) in [7, 11) is 2.47. The fourth-order valence-electron chi connectivity index (χ4n) is 1.12. The van der Waals surface area contributed by atoms with Crippen molar-refractivity contribution in [3.63, 3.8) is 0 Å². The maximum Gasteiger partial charge on any atom is 0.343 e.